The number of allylic oxidation sites excluding steroid dienone is 16. The highest BCUT2D eigenvalue weighted by atomic mass is 16.6. The van der Waals surface area contributed by atoms with Gasteiger partial charge in [-0.05, 0) is 116 Å². The summed E-state index contributed by atoms with van der Waals surface area (Å²) in [6.45, 7) is 6.48. The number of hydrogen-bond donors (Lipinski definition) is 0. The van der Waals surface area contributed by atoms with Gasteiger partial charge in [0.1, 0.15) is 13.2 Å². The Morgan fingerprint density at radius 1 is 0.263 bits per heavy atom. The second-order valence-electron chi connectivity index (χ2n) is 22.7. The Hall–Kier alpha value is -3.67. The van der Waals surface area contributed by atoms with Gasteiger partial charge < -0.3 is 14.2 Å². The summed E-state index contributed by atoms with van der Waals surface area (Å²) >= 11 is 0. The molecule has 0 rings (SSSR count). The van der Waals surface area contributed by atoms with Gasteiger partial charge in [-0.25, -0.2) is 0 Å². The number of carbonyl (C=O) groups excluding carboxylic acids is 3. The Labute approximate surface area is 496 Å². The zero-order chi connectivity index (χ0) is 57.8. The molecule has 460 valence electrons. The Balaban J connectivity index is 4.21. The molecule has 0 saturated heterocycles. The summed E-state index contributed by atoms with van der Waals surface area (Å²) in [6.07, 6.45) is 91.5. The van der Waals surface area contributed by atoms with Gasteiger partial charge in [0.05, 0.1) is 0 Å². The molecule has 0 heterocycles. The van der Waals surface area contributed by atoms with Crippen LogP contribution < -0.4 is 0 Å². The maximum atomic E-state index is 12.9. The molecule has 0 aliphatic rings. The highest BCUT2D eigenvalue weighted by molar-refractivity contribution is 5.71. The average molecular weight is 1110 g/mol. The summed E-state index contributed by atoms with van der Waals surface area (Å²) in [5.41, 5.74) is 0. The number of rotatable bonds is 62. The predicted molar refractivity (Wildman–Crippen MR) is 348 cm³/mol. The van der Waals surface area contributed by atoms with Gasteiger partial charge in [0.25, 0.3) is 0 Å². The lowest BCUT2D eigenvalue weighted by Gasteiger charge is -2.18. The molecule has 0 bridgehead atoms. The molecule has 6 heteroatoms. The van der Waals surface area contributed by atoms with E-state index in [2.05, 4.69) is 118 Å². The van der Waals surface area contributed by atoms with E-state index in [4.69, 9.17) is 14.2 Å². The molecule has 0 N–H and O–H groups in total. The van der Waals surface area contributed by atoms with Crippen LogP contribution in [0.4, 0.5) is 0 Å². The van der Waals surface area contributed by atoms with Gasteiger partial charge in [-0.2, -0.15) is 0 Å². The van der Waals surface area contributed by atoms with E-state index in [1.807, 2.05) is 0 Å². The fourth-order valence-corrected chi connectivity index (χ4v) is 9.68. The van der Waals surface area contributed by atoms with Crippen LogP contribution in [0.1, 0.15) is 335 Å². The largest absolute Gasteiger partial charge is 0.462 e. The molecular weight excluding hydrogens is 985 g/mol. The molecule has 0 aromatic rings. The molecule has 80 heavy (non-hydrogen) atoms. The van der Waals surface area contributed by atoms with Crippen LogP contribution >= 0.6 is 0 Å². The van der Waals surface area contributed by atoms with Gasteiger partial charge in [0.2, 0.25) is 0 Å². The summed E-state index contributed by atoms with van der Waals surface area (Å²) in [5, 5.41) is 0. The third kappa shape index (κ3) is 65.1. The molecule has 0 radical (unpaired) electrons. The van der Waals surface area contributed by atoms with Gasteiger partial charge in [0, 0.05) is 19.3 Å². The summed E-state index contributed by atoms with van der Waals surface area (Å²) in [7, 11) is 0. The van der Waals surface area contributed by atoms with Crippen LogP contribution in [-0.4, -0.2) is 37.2 Å². The molecule has 0 aliphatic heterocycles. The van der Waals surface area contributed by atoms with E-state index in [1.165, 1.54) is 186 Å². The van der Waals surface area contributed by atoms with Crippen molar-refractivity contribution >= 4 is 17.9 Å². The van der Waals surface area contributed by atoms with Crippen molar-refractivity contribution in [3.63, 3.8) is 0 Å². The molecule has 0 fully saturated rings. The van der Waals surface area contributed by atoms with Gasteiger partial charge >= 0.3 is 17.9 Å². The van der Waals surface area contributed by atoms with Gasteiger partial charge in [-0.15, -0.1) is 0 Å². The molecule has 0 aliphatic carbocycles. The van der Waals surface area contributed by atoms with Crippen molar-refractivity contribution in [2.75, 3.05) is 13.2 Å². The standard InChI is InChI=1S/C74H128O6/c1-4-7-10-13-16-19-22-24-26-28-30-32-34-36-37-39-40-42-44-46-48-50-52-55-58-61-64-67-73(76)79-70-71(69-78-72(75)66-63-60-57-54-21-18-15-12-9-6-3)80-74(77)68-65-62-59-56-53-51-49-47-45-43-41-38-35-33-31-29-27-25-23-20-17-14-11-8-5-2/h7,10,12,15-16,19,23-26,29-32,36-37,71H,4-6,8-9,11,13-14,17-18,20-22,27-28,33-35,38-70H2,1-3H3/b10-7-,15-12-,19-16-,25-23-,26-24-,31-29-,32-30-,37-36-. The summed E-state index contributed by atoms with van der Waals surface area (Å²) in [5.74, 6) is -0.882. The number of unbranched alkanes of at least 4 members (excludes halogenated alkanes) is 35. The lowest BCUT2D eigenvalue weighted by molar-refractivity contribution is -0.167. The molecule has 0 amide bonds. The van der Waals surface area contributed by atoms with Crippen LogP contribution in [0.3, 0.4) is 0 Å². The van der Waals surface area contributed by atoms with Crippen molar-refractivity contribution in [3.8, 4) is 0 Å². The molecule has 1 atom stereocenters. The molecular formula is C74H128O6. The van der Waals surface area contributed by atoms with E-state index in [0.717, 1.165) is 109 Å². The molecule has 0 spiro atoms. The minimum absolute atomic E-state index is 0.0802. The van der Waals surface area contributed by atoms with Crippen molar-refractivity contribution in [2.45, 2.75) is 341 Å². The lowest BCUT2D eigenvalue weighted by Crippen LogP contribution is -2.30. The van der Waals surface area contributed by atoms with E-state index in [0.29, 0.717) is 19.3 Å². The van der Waals surface area contributed by atoms with E-state index >= 15 is 0 Å². The van der Waals surface area contributed by atoms with Gasteiger partial charge in [-0.3, -0.25) is 14.4 Å². The lowest BCUT2D eigenvalue weighted by atomic mass is 10.0. The first-order valence-corrected chi connectivity index (χ1v) is 34.2. The van der Waals surface area contributed by atoms with Crippen LogP contribution in [0.15, 0.2) is 97.2 Å². The first-order chi connectivity index (χ1) is 39.5. The monoisotopic (exact) mass is 1110 g/mol. The highest BCUT2D eigenvalue weighted by Crippen LogP contribution is 2.17. The van der Waals surface area contributed by atoms with Crippen LogP contribution in [0.2, 0.25) is 0 Å². The normalized spacial score (nSPS) is 12.7. The highest BCUT2D eigenvalue weighted by Gasteiger charge is 2.19. The SMILES string of the molecule is CC/C=C\C/C=C\C/C=C\C/C=C\C/C=C\CCCCCCCCCCCCCC(=O)OCC(COC(=O)CCCCCCC/C=C\CCC)OC(=O)CCCCCCCCCCCCCCC/C=C\C/C=C\CCCCCCC. The van der Waals surface area contributed by atoms with Crippen molar-refractivity contribution in [1.82, 2.24) is 0 Å². The molecule has 0 saturated carbocycles. The quantitative estimate of drug-likeness (QED) is 0.0261. The first kappa shape index (κ1) is 76.3. The van der Waals surface area contributed by atoms with Gasteiger partial charge in [0.15, 0.2) is 6.10 Å². The van der Waals surface area contributed by atoms with Crippen LogP contribution in [0.25, 0.3) is 0 Å². The number of esters is 3. The van der Waals surface area contributed by atoms with Crippen molar-refractivity contribution in [2.24, 2.45) is 0 Å². The fourth-order valence-electron chi connectivity index (χ4n) is 9.68. The summed E-state index contributed by atoms with van der Waals surface area (Å²) in [4.78, 5) is 38.3. The van der Waals surface area contributed by atoms with E-state index < -0.39 is 6.10 Å². The second-order valence-corrected chi connectivity index (χ2v) is 22.7. The third-order valence-corrected chi connectivity index (χ3v) is 14.8. The van der Waals surface area contributed by atoms with E-state index in [9.17, 15) is 14.4 Å². The number of ether oxygens (including phenoxy) is 3. The molecule has 6 nitrogen and oxygen atoms in total. The first-order valence-electron chi connectivity index (χ1n) is 34.2. The second kappa shape index (κ2) is 67.8. The minimum Gasteiger partial charge on any atom is -0.462 e. The van der Waals surface area contributed by atoms with Crippen LogP contribution in [0, 0.1) is 0 Å². The molecule has 0 aromatic heterocycles. The zero-order valence-corrected chi connectivity index (χ0v) is 52.8. The van der Waals surface area contributed by atoms with E-state index in [1.54, 1.807) is 0 Å². The predicted octanol–water partition coefficient (Wildman–Crippen LogP) is 23.6. The van der Waals surface area contributed by atoms with Gasteiger partial charge in [-0.1, -0.05) is 298 Å². The van der Waals surface area contributed by atoms with Crippen molar-refractivity contribution in [3.05, 3.63) is 97.2 Å². The van der Waals surface area contributed by atoms with Crippen LogP contribution in [0.5, 0.6) is 0 Å². The Morgan fingerprint density at radius 2 is 0.512 bits per heavy atom. The summed E-state index contributed by atoms with van der Waals surface area (Å²) < 4.78 is 16.9. The minimum atomic E-state index is -0.783. The Bertz CT molecular complexity index is 1560. The van der Waals surface area contributed by atoms with Crippen LogP contribution in [-0.2, 0) is 28.6 Å². The summed E-state index contributed by atoms with van der Waals surface area (Å²) in [6, 6.07) is 0. The zero-order valence-electron chi connectivity index (χ0n) is 52.8. The maximum Gasteiger partial charge on any atom is 0.306 e. The molecule has 1 unspecified atom stereocenters. The molecule has 0 aromatic carbocycles. The van der Waals surface area contributed by atoms with E-state index in [-0.39, 0.29) is 31.1 Å². The Morgan fingerprint density at radius 3 is 0.825 bits per heavy atom. The number of hydrogen-bond acceptors (Lipinski definition) is 6. The fraction of sp³-hybridized carbons (Fsp3) is 0.743. The number of carbonyl (C=O) groups is 3. The Kier molecular flexibility index (Phi) is 64.7. The topological polar surface area (TPSA) is 78.9 Å². The maximum absolute atomic E-state index is 12.9. The smallest absolute Gasteiger partial charge is 0.306 e. The van der Waals surface area contributed by atoms with Crippen molar-refractivity contribution < 1.29 is 28.6 Å². The average Bonchev–Trinajstić information content (AvgIpc) is 3.46. The third-order valence-electron chi connectivity index (χ3n) is 14.8. The van der Waals surface area contributed by atoms with Crippen molar-refractivity contribution in [1.29, 1.82) is 0 Å².